The van der Waals surface area contributed by atoms with Crippen molar-refractivity contribution in [1.82, 2.24) is 4.90 Å². The summed E-state index contributed by atoms with van der Waals surface area (Å²) in [6.45, 7) is 4.78. The summed E-state index contributed by atoms with van der Waals surface area (Å²) in [5, 5.41) is 9.27. The summed E-state index contributed by atoms with van der Waals surface area (Å²) in [6.07, 6.45) is -1.90. The second-order valence-corrected chi connectivity index (χ2v) is 9.23. The van der Waals surface area contributed by atoms with E-state index >= 15 is 0 Å². The highest BCUT2D eigenvalue weighted by molar-refractivity contribution is 7.84. The number of likely N-dealkylation sites (N-methyl/N-ethyl adjacent to an activating group) is 1. The van der Waals surface area contributed by atoms with E-state index < -0.39 is 40.6 Å². The molecule has 188 valence electrons. The number of urea groups is 1. The first kappa shape index (κ1) is 26.7. The van der Waals surface area contributed by atoms with Gasteiger partial charge in [-0.05, 0) is 42.8 Å². The fraction of sp³-hybridized carbons (Fsp3) is 0.240. The van der Waals surface area contributed by atoms with E-state index in [4.69, 9.17) is 4.74 Å². The summed E-state index contributed by atoms with van der Waals surface area (Å²) in [4.78, 5) is 29.1. The van der Waals surface area contributed by atoms with Crippen LogP contribution in [0.15, 0.2) is 71.3 Å². The number of alkyl halides is 3. The molecule has 0 saturated carbocycles. The summed E-state index contributed by atoms with van der Waals surface area (Å²) in [5.41, 5.74) is -0.487. The van der Waals surface area contributed by atoms with Gasteiger partial charge in [-0.25, -0.2) is 9.59 Å². The number of halogens is 3. The molecule has 2 aromatic carbocycles. The Morgan fingerprint density at radius 2 is 1.97 bits per heavy atom. The highest BCUT2D eigenvalue weighted by atomic mass is 32.2. The van der Waals surface area contributed by atoms with Gasteiger partial charge in [-0.1, -0.05) is 24.8 Å². The number of anilines is 1. The zero-order chi connectivity index (χ0) is 26.8. The van der Waals surface area contributed by atoms with Crippen molar-refractivity contribution in [3.05, 3.63) is 83.1 Å². The number of benzene rings is 2. The van der Waals surface area contributed by atoms with Crippen LogP contribution < -0.4 is 4.90 Å². The molecule has 1 heterocycles. The van der Waals surface area contributed by atoms with Gasteiger partial charge in [0.25, 0.3) is 0 Å². The van der Waals surface area contributed by atoms with E-state index in [-0.39, 0.29) is 34.0 Å². The Morgan fingerprint density at radius 3 is 2.56 bits per heavy atom. The summed E-state index contributed by atoms with van der Waals surface area (Å²) in [7, 11) is -0.225. The third-order valence-corrected chi connectivity index (χ3v) is 6.58. The number of ether oxygens (including phenoxy) is 1. The van der Waals surface area contributed by atoms with Crippen molar-refractivity contribution in [1.29, 1.82) is 5.26 Å². The fourth-order valence-corrected chi connectivity index (χ4v) is 4.77. The molecule has 0 radical (unpaired) electrons. The van der Waals surface area contributed by atoms with E-state index in [1.807, 2.05) is 6.07 Å². The lowest BCUT2D eigenvalue weighted by Gasteiger charge is -2.41. The lowest BCUT2D eigenvalue weighted by molar-refractivity contribution is -0.139. The Hall–Kier alpha value is -3.91. The zero-order valence-corrected chi connectivity index (χ0v) is 20.4. The summed E-state index contributed by atoms with van der Waals surface area (Å²) in [6, 6.07) is 8.72. The number of carbonyl (C=O) groups excluding carboxylic acids is 2. The Morgan fingerprint density at radius 1 is 1.28 bits per heavy atom. The highest BCUT2D eigenvalue weighted by Crippen LogP contribution is 2.42. The van der Waals surface area contributed by atoms with Crippen LogP contribution in [0.4, 0.5) is 23.7 Å². The summed E-state index contributed by atoms with van der Waals surface area (Å²) >= 11 is 0. The zero-order valence-electron chi connectivity index (χ0n) is 19.6. The van der Waals surface area contributed by atoms with Crippen molar-refractivity contribution in [2.24, 2.45) is 0 Å². The van der Waals surface area contributed by atoms with Gasteiger partial charge in [0.1, 0.15) is 6.61 Å². The number of hydrogen-bond acceptors (Lipinski definition) is 5. The maximum atomic E-state index is 13.5. The molecule has 11 heteroatoms. The number of nitriles is 1. The van der Waals surface area contributed by atoms with Gasteiger partial charge in [0, 0.05) is 23.9 Å². The monoisotopic (exact) mass is 517 g/mol. The molecular formula is C25H22F3N3O4S. The summed E-state index contributed by atoms with van der Waals surface area (Å²) in [5.74, 6) is -0.828. The van der Waals surface area contributed by atoms with Crippen molar-refractivity contribution < 1.29 is 31.7 Å². The van der Waals surface area contributed by atoms with Gasteiger partial charge in [0.2, 0.25) is 0 Å². The minimum absolute atomic E-state index is 0.0345. The molecular weight excluding hydrogens is 495 g/mol. The number of amides is 2. The minimum atomic E-state index is -4.64. The predicted molar refractivity (Wildman–Crippen MR) is 127 cm³/mol. The molecule has 7 nitrogen and oxygen atoms in total. The van der Waals surface area contributed by atoms with Crippen LogP contribution in [0.2, 0.25) is 0 Å². The Bertz CT molecular complexity index is 1330. The molecule has 2 aromatic rings. The maximum absolute atomic E-state index is 13.5. The van der Waals surface area contributed by atoms with E-state index in [0.29, 0.717) is 5.56 Å². The van der Waals surface area contributed by atoms with Crippen molar-refractivity contribution in [3.63, 3.8) is 0 Å². The van der Waals surface area contributed by atoms with Crippen molar-refractivity contribution in [2.75, 3.05) is 24.8 Å². The molecule has 1 aliphatic rings. The van der Waals surface area contributed by atoms with Crippen LogP contribution in [0.5, 0.6) is 0 Å². The molecule has 1 unspecified atom stereocenters. The fourth-order valence-electron chi connectivity index (χ4n) is 3.96. The standard InChI is InChI=1S/C25H22F3N3O4S/c1-5-11-35-23(32)21-15(2)31(18-8-6-7-17(13-18)25(26,27)28)24(33)30(3)22(21)19-10-9-16(14-29)12-20(19)36(4)34/h5-10,12-13,22H,1,11H2,2-4H3/t22-,36?/m1/s1. The van der Waals surface area contributed by atoms with Gasteiger partial charge < -0.3 is 9.64 Å². The lowest BCUT2D eigenvalue weighted by Crippen LogP contribution is -2.49. The maximum Gasteiger partial charge on any atom is 0.416 e. The van der Waals surface area contributed by atoms with Crippen LogP contribution in [0.25, 0.3) is 0 Å². The van der Waals surface area contributed by atoms with Gasteiger partial charge in [-0.3, -0.25) is 9.11 Å². The smallest absolute Gasteiger partial charge is 0.416 e. The van der Waals surface area contributed by atoms with Crippen molar-refractivity contribution in [3.8, 4) is 6.07 Å². The number of allylic oxidation sites excluding steroid dienone is 1. The van der Waals surface area contributed by atoms with Gasteiger partial charge >= 0.3 is 18.2 Å². The number of rotatable bonds is 6. The second-order valence-electron chi connectivity index (χ2n) is 7.88. The van der Waals surface area contributed by atoms with Crippen LogP contribution in [0.1, 0.15) is 29.7 Å². The quantitative estimate of drug-likeness (QED) is 0.400. The Kier molecular flexibility index (Phi) is 7.69. The highest BCUT2D eigenvalue weighted by Gasteiger charge is 2.43. The Balaban J connectivity index is 2.29. The first-order chi connectivity index (χ1) is 16.9. The first-order valence-corrected chi connectivity index (χ1v) is 12.1. The molecule has 0 aromatic heterocycles. The molecule has 0 saturated heterocycles. The van der Waals surface area contributed by atoms with Crippen LogP contribution in [-0.2, 0) is 26.5 Å². The van der Waals surface area contributed by atoms with E-state index in [9.17, 15) is 32.2 Å². The van der Waals surface area contributed by atoms with Gasteiger partial charge in [-0.2, -0.15) is 18.4 Å². The molecule has 0 N–H and O–H groups in total. The van der Waals surface area contributed by atoms with Gasteiger partial charge in [0.15, 0.2) is 0 Å². The van der Waals surface area contributed by atoms with E-state index in [2.05, 4.69) is 6.58 Å². The first-order valence-electron chi connectivity index (χ1n) is 10.5. The summed E-state index contributed by atoms with van der Waals surface area (Å²) < 4.78 is 57.9. The Labute approximate surface area is 208 Å². The molecule has 36 heavy (non-hydrogen) atoms. The van der Waals surface area contributed by atoms with Gasteiger partial charge in [0.05, 0.1) is 45.3 Å². The third kappa shape index (κ3) is 5.04. The SMILES string of the molecule is C=CCOC(=O)C1=C(C)N(c2cccc(C(F)(F)F)c2)C(=O)N(C)[C@@H]1c1ccc(C#N)cc1S(C)=O. The predicted octanol–water partition coefficient (Wildman–Crippen LogP) is 4.93. The number of nitrogens with zero attached hydrogens (tertiary/aromatic N) is 3. The molecule has 2 atom stereocenters. The van der Waals surface area contributed by atoms with E-state index in [1.165, 1.54) is 56.6 Å². The normalized spacial score (nSPS) is 17.0. The molecule has 2 amide bonds. The molecule has 0 fully saturated rings. The van der Waals surface area contributed by atoms with E-state index in [1.54, 1.807) is 0 Å². The van der Waals surface area contributed by atoms with Crippen LogP contribution in [0, 0.1) is 11.3 Å². The number of carbonyl (C=O) groups is 2. The minimum Gasteiger partial charge on any atom is -0.458 e. The topological polar surface area (TPSA) is 90.7 Å². The lowest BCUT2D eigenvalue weighted by atomic mass is 9.92. The molecule has 0 aliphatic carbocycles. The average molecular weight is 518 g/mol. The second kappa shape index (κ2) is 10.4. The van der Waals surface area contributed by atoms with Crippen LogP contribution in [0.3, 0.4) is 0 Å². The molecule has 0 bridgehead atoms. The van der Waals surface area contributed by atoms with Gasteiger partial charge in [-0.15, -0.1) is 0 Å². The molecule has 1 aliphatic heterocycles. The van der Waals surface area contributed by atoms with Crippen LogP contribution >= 0.6 is 0 Å². The number of esters is 1. The largest absolute Gasteiger partial charge is 0.458 e. The average Bonchev–Trinajstić information content (AvgIpc) is 2.84. The molecule has 3 rings (SSSR count). The van der Waals surface area contributed by atoms with Crippen molar-refractivity contribution in [2.45, 2.75) is 24.0 Å². The third-order valence-electron chi connectivity index (χ3n) is 5.61. The van der Waals surface area contributed by atoms with Crippen LogP contribution in [-0.4, -0.2) is 41.0 Å². The van der Waals surface area contributed by atoms with Crippen molar-refractivity contribution >= 4 is 28.5 Å². The van der Waals surface area contributed by atoms with E-state index in [0.717, 1.165) is 21.9 Å². The number of hydrogen-bond donors (Lipinski definition) is 0. The molecule has 0 spiro atoms.